The van der Waals surface area contributed by atoms with Gasteiger partial charge in [-0.3, -0.25) is 4.79 Å². The molecule has 2 aromatic carbocycles. The van der Waals surface area contributed by atoms with Crippen LogP contribution in [0.1, 0.15) is 6.92 Å². The first kappa shape index (κ1) is 16.9. The van der Waals surface area contributed by atoms with E-state index < -0.39 is 0 Å². The first-order chi connectivity index (χ1) is 12.7. The van der Waals surface area contributed by atoms with Gasteiger partial charge in [0, 0.05) is 16.6 Å². The minimum Gasteiger partial charge on any atom is -0.486 e. The molecule has 1 amide bonds. The molecule has 1 atom stereocenters. The number of hydrogen-bond donors (Lipinski definition) is 1. The van der Waals surface area contributed by atoms with Gasteiger partial charge >= 0.3 is 0 Å². The largest absolute Gasteiger partial charge is 0.486 e. The predicted molar refractivity (Wildman–Crippen MR) is 98.8 cm³/mol. The molecule has 2 aliphatic heterocycles. The summed E-state index contributed by atoms with van der Waals surface area (Å²) in [6.45, 7) is 4.03. The van der Waals surface area contributed by atoms with Crippen LogP contribution in [0.4, 0.5) is 5.69 Å². The number of anilines is 1. The molecule has 2 aromatic rings. The molecule has 4 rings (SSSR count). The van der Waals surface area contributed by atoms with Crippen molar-refractivity contribution in [3.05, 3.63) is 36.4 Å². The van der Waals surface area contributed by atoms with Crippen LogP contribution in [0.2, 0.25) is 0 Å². The van der Waals surface area contributed by atoms with Gasteiger partial charge in [0.25, 0.3) is 0 Å². The Hall–Kier alpha value is -2.54. The Balaban J connectivity index is 1.40. The van der Waals surface area contributed by atoms with Crippen molar-refractivity contribution < 1.29 is 23.7 Å². The zero-order valence-electron chi connectivity index (χ0n) is 14.3. The standard InChI is InChI=1S/C19H19NO5S/c1-12(26-14-3-5-16-18(11-14)25-9-7-23-16)19(21)20-13-2-4-15-17(10-13)24-8-6-22-15/h2-5,10-12H,6-9H2,1H3,(H,20,21)/t12-/m0/s1. The summed E-state index contributed by atoms with van der Waals surface area (Å²) < 4.78 is 22.1. The van der Waals surface area contributed by atoms with Crippen LogP contribution in [-0.4, -0.2) is 37.6 Å². The lowest BCUT2D eigenvalue weighted by Gasteiger charge is -2.20. The number of thioether (sulfide) groups is 1. The van der Waals surface area contributed by atoms with Crippen LogP contribution in [0.5, 0.6) is 23.0 Å². The molecule has 0 spiro atoms. The maximum absolute atomic E-state index is 12.5. The molecule has 0 saturated carbocycles. The van der Waals surface area contributed by atoms with Crippen molar-refractivity contribution in [2.24, 2.45) is 0 Å². The van der Waals surface area contributed by atoms with Crippen LogP contribution in [0.25, 0.3) is 0 Å². The van der Waals surface area contributed by atoms with E-state index in [1.807, 2.05) is 37.3 Å². The molecule has 0 aliphatic carbocycles. The lowest BCUT2D eigenvalue weighted by molar-refractivity contribution is -0.115. The molecule has 0 radical (unpaired) electrons. The van der Waals surface area contributed by atoms with Crippen LogP contribution in [0.3, 0.4) is 0 Å². The first-order valence-corrected chi connectivity index (χ1v) is 9.34. The van der Waals surface area contributed by atoms with Crippen LogP contribution in [0, 0.1) is 0 Å². The third-order valence-electron chi connectivity index (χ3n) is 4.01. The Bertz CT molecular complexity index is 826. The van der Waals surface area contributed by atoms with Gasteiger partial charge in [-0.1, -0.05) is 0 Å². The highest BCUT2D eigenvalue weighted by molar-refractivity contribution is 8.00. The van der Waals surface area contributed by atoms with Gasteiger partial charge in [-0.15, -0.1) is 11.8 Å². The number of rotatable bonds is 4. The predicted octanol–water partition coefficient (Wildman–Crippen LogP) is 3.35. The van der Waals surface area contributed by atoms with Crippen molar-refractivity contribution in [1.29, 1.82) is 0 Å². The highest BCUT2D eigenvalue weighted by Gasteiger charge is 2.19. The molecule has 0 aromatic heterocycles. The van der Waals surface area contributed by atoms with Crippen LogP contribution in [0.15, 0.2) is 41.3 Å². The molecular formula is C19H19NO5S. The summed E-state index contributed by atoms with van der Waals surface area (Å²) in [5, 5.41) is 2.65. The van der Waals surface area contributed by atoms with Crippen molar-refractivity contribution in [3.8, 4) is 23.0 Å². The summed E-state index contributed by atoms with van der Waals surface area (Å²) in [6.07, 6.45) is 0. The van der Waals surface area contributed by atoms with Crippen molar-refractivity contribution in [2.45, 2.75) is 17.1 Å². The Morgan fingerprint density at radius 1 is 0.885 bits per heavy atom. The molecule has 0 unspecified atom stereocenters. The number of amides is 1. The molecule has 2 heterocycles. The molecule has 7 heteroatoms. The smallest absolute Gasteiger partial charge is 0.237 e. The Morgan fingerprint density at radius 2 is 1.46 bits per heavy atom. The Morgan fingerprint density at radius 3 is 2.15 bits per heavy atom. The second kappa shape index (κ2) is 7.37. The van der Waals surface area contributed by atoms with Crippen molar-refractivity contribution in [1.82, 2.24) is 0 Å². The number of hydrogen-bond acceptors (Lipinski definition) is 6. The van der Waals surface area contributed by atoms with E-state index in [2.05, 4.69) is 5.32 Å². The number of ether oxygens (including phenoxy) is 4. The summed E-state index contributed by atoms with van der Waals surface area (Å²) in [7, 11) is 0. The third kappa shape index (κ3) is 3.67. The second-order valence-electron chi connectivity index (χ2n) is 5.91. The maximum Gasteiger partial charge on any atom is 0.237 e. The van der Waals surface area contributed by atoms with Gasteiger partial charge in [0.2, 0.25) is 5.91 Å². The van der Waals surface area contributed by atoms with E-state index in [-0.39, 0.29) is 11.2 Å². The lowest BCUT2D eigenvalue weighted by Crippen LogP contribution is -2.22. The van der Waals surface area contributed by atoms with Crippen molar-refractivity contribution in [2.75, 3.05) is 31.7 Å². The van der Waals surface area contributed by atoms with Crippen molar-refractivity contribution in [3.63, 3.8) is 0 Å². The molecule has 26 heavy (non-hydrogen) atoms. The average Bonchev–Trinajstić information content (AvgIpc) is 2.67. The van der Waals surface area contributed by atoms with Crippen LogP contribution in [-0.2, 0) is 4.79 Å². The Kier molecular flexibility index (Phi) is 4.79. The highest BCUT2D eigenvalue weighted by atomic mass is 32.2. The van der Waals surface area contributed by atoms with Gasteiger partial charge in [0.15, 0.2) is 23.0 Å². The van der Waals surface area contributed by atoms with E-state index in [1.165, 1.54) is 11.8 Å². The number of carbonyl (C=O) groups excluding carboxylic acids is 1. The van der Waals surface area contributed by atoms with Gasteiger partial charge < -0.3 is 24.3 Å². The fraction of sp³-hybridized carbons (Fsp3) is 0.316. The fourth-order valence-electron chi connectivity index (χ4n) is 2.72. The molecule has 0 fully saturated rings. The van der Waals surface area contributed by atoms with Gasteiger partial charge in [-0.2, -0.15) is 0 Å². The average molecular weight is 373 g/mol. The topological polar surface area (TPSA) is 66.0 Å². The molecule has 0 saturated heterocycles. The summed E-state index contributed by atoms with van der Waals surface area (Å²) in [5.41, 5.74) is 0.689. The zero-order chi connectivity index (χ0) is 17.9. The quantitative estimate of drug-likeness (QED) is 0.829. The van der Waals surface area contributed by atoms with E-state index in [4.69, 9.17) is 18.9 Å². The minimum absolute atomic E-state index is 0.0819. The monoisotopic (exact) mass is 373 g/mol. The molecular weight excluding hydrogens is 354 g/mol. The molecule has 1 N–H and O–H groups in total. The van der Waals surface area contributed by atoms with E-state index >= 15 is 0 Å². The van der Waals surface area contributed by atoms with Crippen molar-refractivity contribution >= 4 is 23.4 Å². The third-order valence-corrected chi connectivity index (χ3v) is 5.10. The lowest BCUT2D eigenvalue weighted by atomic mass is 10.2. The van der Waals surface area contributed by atoms with Gasteiger partial charge in [-0.25, -0.2) is 0 Å². The second-order valence-corrected chi connectivity index (χ2v) is 7.33. The summed E-state index contributed by atoms with van der Waals surface area (Å²) >= 11 is 1.47. The summed E-state index contributed by atoms with van der Waals surface area (Å²) in [4.78, 5) is 13.5. The minimum atomic E-state index is -0.272. The number of nitrogens with one attached hydrogen (secondary N) is 1. The van der Waals surface area contributed by atoms with E-state index in [9.17, 15) is 4.79 Å². The molecule has 136 valence electrons. The zero-order valence-corrected chi connectivity index (χ0v) is 15.1. The van der Waals surface area contributed by atoms with Crippen LogP contribution < -0.4 is 24.3 Å². The van der Waals surface area contributed by atoms with E-state index in [0.717, 1.165) is 16.4 Å². The molecule has 0 bridgehead atoms. The Labute approximate surface area is 155 Å². The maximum atomic E-state index is 12.5. The molecule has 6 nitrogen and oxygen atoms in total. The fourth-order valence-corrected chi connectivity index (χ4v) is 3.62. The van der Waals surface area contributed by atoms with E-state index in [0.29, 0.717) is 43.6 Å². The van der Waals surface area contributed by atoms with Gasteiger partial charge in [0.05, 0.1) is 5.25 Å². The number of fused-ring (bicyclic) bond motifs is 2. The van der Waals surface area contributed by atoms with E-state index in [1.54, 1.807) is 6.07 Å². The first-order valence-electron chi connectivity index (χ1n) is 8.46. The molecule has 2 aliphatic rings. The van der Waals surface area contributed by atoms with Gasteiger partial charge in [0.1, 0.15) is 26.4 Å². The normalized spacial score (nSPS) is 15.9. The number of carbonyl (C=O) groups is 1. The number of benzene rings is 2. The highest BCUT2D eigenvalue weighted by Crippen LogP contribution is 2.36. The summed E-state index contributed by atoms with van der Waals surface area (Å²) in [6, 6.07) is 11.1. The van der Waals surface area contributed by atoms with Crippen LogP contribution >= 0.6 is 11.8 Å². The summed E-state index contributed by atoms with van der Waals surface area (Å²) in [5.74, 6) is 2.74. The SMILES string of the molecule is C[C@H](Sc1ccc2c(c1)OCCO2)C(=O)Nc1ccc2c(c1)OCCO2. The van der Waals surface area contributed by atoms with Gasteiger partial charge in [-0.05, 0) is 37.3 Å².